The van der Waals surface area contributed by atoms with Crippen molar-refractivity contribution >= 4 is 35.2 Å². The van der Waals surface area contributed by atoms with Crippen LogP contribution in [-0.4, -0.2) is 34.8 Å². The topological polar surface area (TPSA) is 46.2 Å². The lowest BCUT2D eigenvalue weighted by Crippen LogP contribution is -2.49. The van der Waals surface area contributed by atoms with Gasteiger partial charge < -0.3 is 5.32 Å². The summed E-state index contributed by atoms with van der Waals surface area (Å²) in [6.45, 7) is 0. The van der Waals surface area contributed by atoms with E-state index < -0.39 is 0 Å². The highest BCUT2D eigenvalue weighted by Gasteiger charge is 2.29. The van der Waals surface area contributed by atoms with Gasteiger partial charge in [0.2, 0.25) is 5.91 Å². The van der Waals surface area contributed by atoms with Gasteiger partial charge in [0.1, 0.15) is 4.58 Å². The number of Topliss-reactive ketones (excluding diaryl/α,β-unsaturated/α-hetero) is 1. The van der Waals surface area contributed by atoms with Crippen LogP contribution in [0.3, 0.4) is 0 Å². The molecule has 0 aromatic heterocycles. The van der Waals surface area contributed by atoms with Gasteiger partial charge in [-0.3, -0.25) is 9.59 Å². The van der Waals surface area contributed by atoms with Crippen LogP contribution in [0.4, 0.5) is 0 Å². The van der Waals surface area contributed by atoms with Crippen LogP contribution in [0.25, 0.3) is 0 Å². The third-order valence-electron chi connectivity index (χ3n) is 1.94. The summed E-state index contributed by atoms with van der Waals surface area (Å²) >= 11 is 3.11. The van der Waals surface area contributed by atoms with Crippen molar-refractivity contribution < 1.29 is 9.59 Å². The third kappa shape index (κ3) is 2.91. The largest absolute Gasteiger partial charge is 0.352 e. The maximum Gasteiger partial charge on any atom is 0.222 e. The Bertz CT molecular complexity index is 208. The average Bonchev–Trinajstić information content (AvgIpc) is 2.04. The van der Waals surface area contributed by atoms with Gasteiger partial charge >= 0.3 is 0 Å². The number of carbonyl (C=O) groups is 2. The number of carbonyl (C=O) groups excluding carboxylic acids is 2. The Morgan fingerprint density at radius 1 is 1.62 bits per heavy atom. The summed E-state index contributed by atoms with van der Waals surface area (Å²) in [5.74, 6) is 0.285. The minimum atomic E-state index is 0.0255. The van der Waals surface area contributed by atoms with Gasteiger partial charge in [-0.15, -0.1) is 23.5 Å². The van der Waals surface area contributed by atoms with Crippen molar-refractivity contribution in [1.29, 1.82) is 0 Å². The molecule has 0 aromatic carbocycles. The first-order valence-electron chi connectivity index (χ1n) is 4.05. The van der Waals surface area contributed by atoms with Crippen molar-refractivity contribution in [3.05, 3.63) is 0 Å². The molecule has 1 rings (SSSR count). The Morgan fingerprint density at radius 3 is 2.54 bits per heavy atom. The summed E-state index contributed by atoms with van der Waals surface area (Å²) in [6, 6.07) is 0.0989. The van der Waals surface area contributed by atoms with Gasteiger partial charge in [0.25, 0.3) is 0 Å². The number of ketones is 1. The molecule has 1 saturated heterocycles. The molecule has 1 aliphatic rings. The first-order valence-corrected chi connectivity index (χ1v) is 6.62. The van der Waals surface area contributed by atoms with Gasteiger partial charge in [0.05, 0.1) is 0 Å². The van der Waals surface area contributed by atoms with E-state index in [1.807, 2.05) is 12.5 Å². The fourth-order valence-electron chi connectivity index (χ4n) is 1.25. The Hall–Kier alpha value is -0.160. The Balaban J connectivity index is 2.27. The fourth-order valence-corrected chi connectivity index (χ4v) is 2.74. The van der Waals surface area contributed by atoms with Crippen LogP contribution in [0.5, 0.6) is 0 Å². The maximum atomic E-state index is 11.5. The van der Waals surface area contributed by atoms with E-state index >= 15 is 0 Å². The third-order valence-corrected chi connectivity index (χ3v) is 4.47. The predicted octanol–water partition coefficient (Wildman–Crippen LogP) is 0.886. The van der Waals surface area contributed by atoms with E-state index in [1.165, 1.54) is 0 Å². The standard InChI is InChI=1S/C8H13NO2S2/c1-12-8(13-2)6(10)3-5-4-7(11)9-5/h5,8H,3-4H2,1-2H3,(H,9,11). The molecule has 0 aromatic rings. The number of amides is 1. The van der Waals surface area contributed by atoms with E-state index in [1.54, 1.807) is 23.5 Å². The molecule has 3 nitrogen and oxygen atoms in total. The lowest BCUT2D eigenvalue weighted by molar-refractivity contribution is -0.129. The van der Waals surface area contributed by atoms with E-state index in [0.29, 0.717) is 12.8 Å². The van der Waals surface area contributed by atoms with Crippen molar-refractivity contribution in [3.63, 3.8) is 0 Å². The van der Waals surface area contributed by atoms with Crippen molar-refractivity contribution in [2.75, 3.05) is 12.5 Å². The van der Waals surface area contributed by atoms with Crippen LogP contribution in [0.1, 0.15) is 12.8 Å². The van der Waals surface area contributed by atoms with E-state index in [2.05, 4.69) is 5.32 Å². The van der Waals surface area contributed by atoms with Crippen molar-refractivity contribution in [1.82, 2.24) is 5.32 Å². The molecule has 13 heavy (non-hydrogen) atoms. The highest BCUT2D eigenvalue weighted by Crippen LogP contribution is 2.22. The van der Waals surface area contributed by atoms with Crippen molar-refractivity contribution in [2.45, 2.75) is 23.5 Å². The zero-order valence-electron chi connectivity index (χ0n) is 7.70. The molecule has 0 saturated carbocycles. The minimum Gasteiger partial charge on any atom is -0.352 e. The van der Waals surface area contributed by atoms with E-state index in [0.717, 1.165) is 0 Å². The molecule has 0 bridgehead atoms. The molecule has 1 aliphatic heterocycles. The Morgan fingerprint density at radius 2 is 2.15 bits per heavy atom. The number of hydrogen-bond acceptors (Lipinski definition) is 4. The van der Waals surface area contributed by atoms with E-state index in [-0.39, 0.29) is 22.3 Å². The summed E-state index contributed by atoms with van der Waals surface area (Å²) < 4.78 is 0.0255. The van der Waals surface area contributed by atoms with Crippen LogP contribution in [-0.2, 0) is 9.59 Å². The molecule has 1 fully saturated rings. The molecule has 1 amide bonds. The summed E-state index contributed by atoms with van der Waals surface area (Å²) in [7, 11) is 0. The van der Waals surface area contributed by atoms with Gasteiger partial charge in [0, 0.05) is 18.9 Å². The normalized spacial score (nSPS) is 21.2. The lowest BCUT2D eigenvalue weighted by atomic mass is 10.0. The second-order valence-electron chi connectivity index (χ2n) is 2.94. The van der Waals surface area contributed by atoms with Gasteiger partial charge in [-0.05, 0) is 12.5 Å². The van der Waals surface area contributed by atoms with Gasteiger partial charge in [-0.25, -0.2) is 0 Å². The van der Waals surface area contributed by atoms with E-state index in [9.17, 15) is 9.59 Å². The monoisotopic (exact) mass is 219 g/mol. The van der Waals surface area contributed by atoms with Crippen molar-refractivity contribution in [3.8, 4) is 0 Å². The molecule has 1 atom stereocenters. The first kappa shape index (κ1) is 10.9. The zero-order valence-corrected chi connectivity index (χ0v) is 9.33. The Kier molecular flexibility index (Phi) is 4.12. The second kappa shape index (κ2) is 4.91. The van der Waals surface area contributed by atoms with Gasteiger partial charge in [-0.1, -0.05) is 0 Å². The molecule has 1 N–H and O–H groups in total. The van der Waals surface area contributed by atoms with Crippen LogP contribution in [0.2, 0.25) is 0 Å². The highest BCUT2D eigenvalue weighted by molar-refractivity contribution is 8.17. The van der Waals surface area contributed by atoms with Crippen LogP contribution >= 0.6 is 23.5 Å². The number of β-lactam (4-membered cyclic amide) rings is 1. The minimum absolute atomic E-state index is 0.0255. The quantitative estimate of drug-likeness (QED) is 0.551. The summed E-state index contributed by atoms with van der Waals surface area (Å²) in [4.78, 5) is 22.1. The lowest BCUT2D eigenvalue weighted by Gasteiger charge is -2.27. The van der Waals surface area contributed by atoms with Crippen molar-refractivity contribution in [2.24, 2.45) is 0 Å². The van der Waals surface area contributed by atoms with Crippen LogP contribution in [0.15, 0.2) is 0 Å². The highest BCUT2D eigenvalue weighted by atomic mass is 32.2. The second-order valence-corrected chi connectivity index (χ2v) is 5.13. The summed E-state index contributed by atoms with van der Waals surface area (Å²) in [5, 5.41) is 2.70. The predicted molar refractivity (Wildman–Crippen MR) is 57.0 cm³/mol. The molecular weight excluding hydrogens is 206 g/mol. The number of rotatable bonds is 5. The van der Waals surface area contributed by atoms with Gasteiger partial charge in [0.15, 0.2) is 5.78 Å². The van der Waals surface area contributed by atoms with E-state index in [4.69, 9.17) is 0 Å². The van der Waals surface area contributed by atoms with Crippen LogP contribution < -0.4 is 5.32 Å². The summed E-state index contributed by atoms with van der Waals surface area (Å²) in [6.07, 6.45) is 4.86. The number of thioether (sulfide) groups is 2. The SMILES string of the molecule is CSC(SC)C(=O)CC1CC(=O)N1. The maximum absolute atomic E-state index is 11.5. The van der Waals surface area contributed by atoms with Gasteiger partial charge in [-0.2, -0.15) is 0 Å². The number of nitrogens with one attached hydrogen (secondary N) is 1. The molecule has 1 unspecified atom stereocenters. The molecule has 0 aliphatic carbocycles. The average molecular weight is 219 g/mol. The Labute approximate surface area is 86.4 Å². The molecule has 1 heterocycles. The molecule has 74 valence electrons. The van der Waals surface area contributed by atoms with Crippen LogP contribution in [0, 0.1) is 0 Å². The first-order chi connectivity index (χ1) is 6.17. The molecule has 0 radical (unpaired) electrons. The molecular formula is C8H13NO2S2. The summed E-state index contributed by atoms with van der Waals surface area (Å²) in [5.41, 5.74) is 0. The zero-order chi connectivity index (χ0) is 9.84. The number of hydrogen-bond donors (Lipinski definition) is 1. The molecule has 5 heteroatoms. The molecule has 0 spiro atoms. The smallest absolute Gasteiger partial charge is 0.222 e. The fraction of sp³-hybridized carbons (Fsp3) is 0.750.